The van der Waals surface area contributed by atoms with Gasteiger partial charge >= 0.3 is 0 Å². The third-order valence-corrected chi connectivity index (χ3v) is 6.69. The van der Waals surface area contributed by atoms with Gasteiger partial charge in [-0.2, -0.15) is 0 Å². The zero-order valence-corrected chi connectivity index (χ0v) is 19.0. The molecular weight excluding hydrogens is 428 g/mol. The molecule has 4 nitrogen and oxygen atoms in total. The van der Waals surface area contributed by atoms with Crippen molar-refractivity contribution < 1.29 is 9.47 Å². The number of piperidine rings is 3. The number of fused-ring (bicyclic) bond motifs is 3. The highest BCUT2D eigenvalue weighted by atomic mass is 79.9. The van der Waals surface area contributed by atoms with Crippen LogP contribution in [-0.2, 0) is 13.2 Å². The number of hydrogen-bond donors (Lipinski definition) is 1. The standard InChI is InChI=1S/C24H31BrN2O2/c1-3-28-23-13-19(14-26-22-15-27-10-8-20(22)9-11-27)12-21(25)24(23)29-16-18-6-4-17(2)5-7-18/h4-7,12-13,20,22,26H,3,8-11,14-16H2,1-2H3. The zero-order valence-electron chi connectivity index (χ0n) is 17.4. The van der Waals surface area contributed by atoms with Gasteiger partial charge in [-0.25, -0.2) is 0 Å². The summed E-state index contributed by atoms with van der Waals surface area (Å²) >= 11 is 3.71. The third-order valence-electron chi connectivity index (χ3n) is 6.10. The molecule has 2 aromatic carbocycles. The summed E-state index contributed by atoms with van der Waals surface area (Å²) in [6.45, 7) is 9.83. The summed E-state index contributed by atoms with van der Waals surface area (Å²) in [6.07, 6.45) is 2.66. The van der Waals surface area contributed by atoms with E-state index < -0.39 is 0 Å². The van der Waals surface area contributed by atoms with Gasteiger partial charge in [-0.1, -0.05) is 29.8 Å². The summed E-state index contributed by atoms with van der Waals surface area (Å²) < 4.78 is 13.0. The maximum Gasteiger partial charge on any atom is 0.175 e. The lowest BCUT2D eigenvalue weighted by atomic mass is 9.84. The van der Waals surface area contributed by atoms with Crippen molar-refractivity contribution in [2.24, 2.45) is 5.92 Å². The Morgan fingerprint density at radius 1 is 1.07 bits per heavy atom. The van der Waals surface area contributed by atoms with Gasteiger partial charge in [0.05, 0.1) is 11.1 Å². The Kier molecular flexibility index (Phi) is 6.78. The normalized spacial score (nSPS) is 23.2. The van der Waals surface area contributed by atoms with Crippen molar-refractivity contribution in [3.8, 4) is 11.5 Å². The average Bonchev–Trinajstić information content (AvgIpc) is 2.74. The minimum Gasteiger partial charge on any atom is -0.490 e. The molecule has 3 aliphatic heterocycles. The lowest BCUT2D eigenvalue weighted by Gasteiger charge is -2.45. The number of halogens is 1. The van der Waals surface area contributed by atoms with Crippen LogP contribution in [-0.4, -0.2) is 37.2 Å². The highest BCUT2D eigenvalue weighted by molar-refractivity contribution is 9.10. The van der Waals surface area contributed by atoms with Crippen molar-refractivity contribution in [3.63, 3.8) is 0 Å². The fourth-order valence-corrected chi connectivity index (χ4v) is 5.02. The highest BCUT2D eigenvalue weighted by Crippen LogP contribution is 2.38. The van der Waals surface area contributed by atoms with Crippen LogP contribution < -0.4 is 14.8 Å². The summed E-state index contributed by atoms with van der Waals surface area (Å²) in [4.78, 5) is 2.58. The molecule has 2 bridgehead atoms. The summed E-state index contributed by atoms with van der Waals surface area (Å²) in [5.41, 5.74) is 3.63. The first-order valence-electron chi connectivity index (χ1n) is 10.7. The van der Waals surface area contributed by atoms with Crippen LogP contribution in [0.1, 0.15) is 36.5 Å². The molecule has 3 aliphatic rings. The lowest BCUT2D eigenvalue weighted by molar-refractivity contribution is 0.0720. The Morgan fingerprint density at radius 2 is 1.83 bits per heavy atom. The molecule has 0 spiro atoms. The molecule has 1 N–H and O–H groups in total. The molecule has 3 fully saturated rings. The second-order valence-electron chi connectivity index (χ2n) is 8.24. The Labute approximate surface area is 182 Å². The molecule has 0 amide bonds. The van der Waals surface area contributed by atoms with E-state index in [2.05, 4.69) is 69.5 Å². The molecule has 0 aliphatic carbocycles. The minimum atomic E-state index is 0.524. The number of rotatable bonds is 8. The summed E-state index contributed by atoms with van der Waals surface area (Å²) in [6, 6.07) is 13.3. The van der Waals surface area contributed by atoms with E-state index >= 15 is 0 Å². The van der Waals surface area contributed by atoms with Gasteiger partial charge in [0.2, 0.25) is 0 Å². The van der Waals surface area contributed by atoms with Crippen molar-refractivity contribution in [1.82, 2.24) is 10.2 Å². The maximum atomic E-state index is 6.14. The van der Waals surface area contributed by atoms with Crippen molar-refractivity contribution in [2.75, 3.05) is 26.2 Å². The largest absolute Gasteiger partial charge is 0.490 e. The first kappa shape index (κ1) is 20.7. The second kappa shape index (κ2) is 9.50. The van der Waals surface area contributed by atoms with Gasteiger partial charge in [0.25, 0.3) is 0 Å². The van der Waals surface area contributed by atoms with Crippen LogP contribution in [0, 0.1) is 12.8 Å². The molecule has 29 heavy (non-hydrogen) atoms. The van der Waals surface area contributed by atoms with Crippen LogP contribution >= 0.6 is 15.9 Å². The van der Waals surface area contributed by atoms with E-state index in [0.717, 1.165) is 34.0 Å². The van der Waals surface area contributed by atoms with E-state index in [4.69, 9.17) is 9.47 Å². The Morgan fingerprint density at radius 3 is 2.48 bits per heavy atom. The summed E-state index contributed by atoms with van der Waals surface area (Å²) in [5.74, 6) is 2.41. The quantitative estimate of drug-likeness (QED) is 0.608. The first-order chi connectivity index (χ1) is 14.1. The molecule has 3 heterocycles. The molecular formula is C24H31BrN2O2. The fourth-order valence-electron chi connectivity index (χ4n) is 4.41. The van der Waals surface area contributed by atoms with Crippen LogP contribution in [0.5, 0.6) is 11.5 Å². The number of nitrogens with one attached hydrogen (secondary N) is 1. The van der Waals surface area contributed by atoms with Gasteiger partial charge in [-0.05, 0) is 84.9 Å². The molecule has 0 radical (unpaired) electrons. The lowest BCUT2D eigenvalue weighted by Crippen LogP contribution is -2.55. The third kappa shape index (κ3) is 5.14. The van der Waals surface area contributed by atoms with Crippen LogP contribution in [0.4, 0.5) is 0 Å². The fraction of sp³-hybridized carbons (Fsp3) is 0.500. The van der Waals surface area contributed by atoms with Crippen LogP contribution in [0.15, 0.2) is 40.9 Å². The predicted octanol–water partition coefficient (Wildman–Crippen LogP) is 4.92. The van der Waals surface area contributed by atoms with Gasteiger partial charge in [0, 0.05) is 19.1 Å². The Hall–Kier alpha value is -1.56. The van der Waals surface area contributed by atoms with E-state index in [9.17, 15) is 0 Å². The van der Waals surface area contributed by atoms with Crippen LogP contribution in [0.25, 0.3) is 0 Å². The number of ether oxygens (including phenoxy) is 2. The minimum absolute atomic E-state index is 0.524. The molecule has 2 aromatic rings. The second-order valence-corrected chi connectivity index (χ2v) is 9.09. The number of aryl methyl sites for hydroxylation is 1. The Balaban J connectivity index is 1.43. The number of hydrogen-bond acceptors (Lipinski definition) is 4. The zero-order chi connectivity index (χ0) is 20.2. The number of benzene rings is 2. The molecule has 5 rings (SSSR count). The van der Waals surface area contributed by atoms with Gasteiger partial charge in [-0.3, -0.25) is 0 Å². The number of nitrogens with zero attached hydrogens (tertiary/aromatic N) is 1. The highest BCUT2D eigenvalue weighted by Gasteiger charge is 2.33. The van der Waals surface area contributed by atoms with Gasteiger partial charge < -0.3 is 19.7 Å². The first-order valence-corrected chi connectivity index (χ1v) is 11.5. The summed E-state index contributed by atoms with van der Waals surface area (Å²) in [5, 5.41) is 3.79. The molecule has 1 atom stereocenters. The molecule has 156 valence electrons. The van der Waals surface area contributed by atoms with Crippen LogP contribution in [0.3, 0.4) is 0 Å². The van der Waals surface area contributed by atoms with Crippen LogP contribution in [0.2, 0.25) is 0 Å². The molecule has 0 aromatic heterocycles. The molecule has 5 heteroatoms. The van der Waals surface area contributed by atoms with Gasteiger partial charge in [0.1, 0.15) is 6.61 Å². The van der Waals surface area contributed by atoms with Crippen molar-refractivity contribution in [1.29, 1.82) is 0 Å². The smallest absolute Gasteiger partial charge is 0.175 e. The van der Waals surface area contributed by atoms with E-state index in [1.807, 2.05) is 6.92 Å². The van der Waals surface area contributed by atoms with Gasteiger partial charge in [-0.15, -0.1) is 0 Å². The van der Waals surface area contributed by atoms with E-state index in [1.165, 1.54) is 43.6 Å². The van der Waals surface area contributed by atoms with E-state index in [-0.39, 0.29) is 0 Å². The Bertz CT molecular complexity index is 816. The molecule has 1 unspecified atom stereocenters. The monoisotopic (exact) mass is 458 g/mol. The van der Waals surface area contributed by atoms with E-state index in [1.54, 1.807) is 0 Å². The van der Waals surface area contributed by atoms with Crippen molar-refractivity contribution in [3.05, 3.63) is 57.6 Å². The van der Waals surface area contributed by atoms with Gasteiger partial charge in [0.15, 0.2) is 11.5 Å². The summed E-state index contributed by atoms with van der Waals surface area (Å²) in [7, 11) is 0. The van der Waals surface area contributed by atoms with Crippen molar-refractivity contribution >= 4 is 15.9 Å². The molecule has 0 saturated carbocycles. The van der Waals surface area contributed by atoms with E-state index in [0.29, 0.717) is 19.3 Å². The molecule has 3 saturated heterocycles. The average molecular weight is 459 g/mol. The maximum absolute atomic E-state index is 6.14. The topological polar surface area (TPSA) is 33.7 Å². The SMILES string of the molecule is CCOc1cc(CNC2CN3CCC2CC3)cc(Br)c1OCc1ccc(C)cc1. The van der Waals surface area contributed by atoms with Crippen molar-refractivity contribution in [2.45, 2.75) is 45.9 Å². The predicted molar refractivity (Wildman–Crippen MR) is 121 cm³/mol.